The summed E-state index contributed by atoms with van der Waals surface area (Å²) in [6.45, 7) is 4.41. The molecule has 0 spiro atoms. The molecular formula is C16H19NO3. The molecule has 1 N–H and O–H groups in total. The van der Waals surface area contributed by atoms with Crippen LogP contribution in [0.15, 0.2) is 47.1 Å². The maximum atomic E-state index is 10.9. The topological polar surface area (TPSA) is 53.7 Å². The Kier molecular flexibility index (Phi) is 4.96. The minimum atomic E-state index is -0.800. The lowest BCUT2D eigenvalue weighted by molar-refractivity contribution is -0.136. The van der Waals surface area contributed by atoms with Crippen molar-refractivity contribution in [2.75, 3.05) is 6.54 Å². The second-order valence-electron chi connectivity index (χ2n) is 4.72. The van der Waals surface area contributed by atoms with Crippen molar-refractivity contribution < 1.29 is 14.3 Å². The lowest BCUT2D eigenvalue weighted by atomic mass is 10.0. The summed E-state index contributed by atoms with van der Waals surface area (Å²) >= 11 is 0. The minimum absolute atomic E-state index is 0.0640. The highest BCUT2D eigenvalue weighted by Gasteiger charge is 2.11. The van der Waals surface area contributed by atoms with E-state index < -0.39 is 5.97 Å². The summed E-state index contributed by atoms with van der Waals surface area (Å²) in [6, 6.07) is 11.5. The van der Waals surface area contributed by atoms with E-state index in [0.29, 0.717) is 0 Å². The van der Waals surface area contributed by atoms with Crippen molar-refractivity contribution in [3.63, 3.8) is 0 Å². The van der Waals surface area contributed by atoms with Crippen LogP contribution in [0.2, 0.25) is 0 Å². The molecule has 0 fully saturated rings. The Morgan fingerprint density at radius 3 is 2.50 bits per heavy atom. The van der Waals surface area contributed by atoms with Crippen LogP contribution in [0.5, 0.6) is 0 Å². The van der Waals surface area contributed by atoms with E-state index in [-0.39, 0.29) is 6.42 Å². The molecule has 0 saturated heterocycles. The van der Waals surface area contributed by atoms with Crippen molar-refractivity contribution in [2.24, 2.45) is 0 Å². The number of carboxylic acids is 1. The number of benzene rings is 1. The molecule has 0 amide bonds. The van der Waals surface area contributed by atoms with Gasteiger partial charge in [0.15, 0.2) is 0 Å². The van der Waals surface area contributed by atoms with Gasteiger partial charge in [-0.15, -0.1) is 0 Å². The molecule has 2 aromatic rings. The third kappa shape index (κ3) is 3.96. The van der Waals surface area contributed by atoms with Gasteiger partial charge >= 0.3 is 5.97 Å². The molecule has 4 heteroatoms. The normalized spacial score (nSPS) is 10.9. The Labute approximate surface area is 118 Å². The van der Waals surface area contributed by atoms with Crippen LogP contribution in [0.1, 0.15) is 23.8 Å². The second-order valence-corrected chi connectivity index (χ2v) is 4.72. The van der Waals surface area contributed by atoms with Crippen molar-refractivity contribution in [2.45, 2.75) is 26.4 Å². The molecule has 106 valence electrons. The monoisotopic (exact) mass is 273 g/mol. The van der Waals surface area contributed by atoms with E-state index in [1.165, 1.54) is 0 Å². The third-order valence-electron chi connectivity index (χ3n) is 3.26. The summed E-state index contributed by atoms with van der Waals surface area (Å²) in [5.41, 5.74) is 1.93. The summed E-state index contributed by atoms with van der Waals surface area (Å²) < 4.78 is 5.36. The largest absolute Gasteiger partial charge is 0.481 e. The van der Waals surface area contributed by atoms with Crippen molar-refractivity contribution in [3.8, 4) is 0 Å². The first-order valence-electron chi connectivity index (χ1n) is 6.72. The molecule has 1 aromatic carbocycles. The maximum Gasteiger partial charge on any atom is 0.307 e. The Morgan fingerprint density at radius 2 is 1.90 bits per heavy atom. The van der Waals surface area contributed by atoms with E-state index in [2.05, 4.69) is 11.8 Å². The Balaban J connectivity index is 2.08. The molecule has 0 saturated carbocycles. The summed E-state index contributed by atoms with van der Waals surface area (Å²) in [7, 11) is 0. The Hall–Kier alpha value is -2.07. The van der Waals surface area contributed by atoms with Gasteiger partial charge in [-0.3, -0.25) is 9.69 Å². The molecular weight excluding hydrogens is 254 g/mol. The lowest BCUT2D eigenvalue weighted by Crippen LogP contribution is -2.23. The second kappa shape index (κ2) is 6.91. The average molecular weight is 273 g/mol. The highest BCUT2D eigenvalue weighted by atomic mass is 16.4. The predicted octanol–water partition coefficient (Wildman–Crippen LogP) is 2.93. The number of carboxylic acid groups (broad SMARTS) is 1. The van der Waals surface area contributed by atoms with E-state index >= 15 is 0 Å². The van der Waals surface area contributed by atoms with Gasteiger partial charge in [0.1, 0.15) is 5.76 Å². The van der Waals surface area contributed by atoms with Crippen molar-refractivity contribution in [1.82, 2.24) is 4.90 Å². The van der Waals surface area contributed by atoms with E-state index in [0.717, 1.165) is 36.5 Å². The first kappa shape index (κ1) is 14.3. The van der Waals surface area contributed by atoms with Crippen molar-refractivity contribution >= 4 is 5.97 Å². The smallest absolute Gasteiger partial charge is 0.307 e. The van der Waals surface area contributed by atoms with Gasteiger partial charge in [-0.1, -0.05) is 31.2 Å². The predicted molar refractivity (Wildman–Crippen MR) is 76.3 cm³/mol. The Morgan fingerprint density at radius 1 is 1.15 bits per heavy atom. The molecule has 0 bridgehead atoms. The fourth-order valence-electron chi connectivity index (χ4n) is 2.19. The number of rotatable bonds is 7. The zero-order valence-electron chi connectivity index (χ0n) is 11.6. The number of aliphatic carboxylic acids is 1. The van der Waals surface area contributed by atoms with Crippen LogP contribution in [-0.4, -0.2) is 22.5 Å². The summed E-state index contributed by atoms with van der Waals surface area (Å²) in [4.78, 5) is 13.1. The van der Waals surface area contributed by atoms with E-state index in [9.17, 15) is 4.79 Å². The zero-order valence-corrected chi connectivity index (χ0v) is 11.6. The first-order valence-corrected chi connectivity index (χ1v) is 6.72. The van der Waals surface area contributed by atoms with Crippen LogP contribution in [0.25, 0.3) is 0 Å². The minimum Gasteiger partial charge on any atom is -0.481 e. The molecule has 20 heavy (non-hydrogen) atoms. The quantitative estimate of drug-likeness (QED) is 0.842. The molecule has 0 aliphatic rings. The van der Waals surface area contributed by atoms with Gasteiger partial charge in [-0.25, -0.2) is 0 Å². The van der Waals surface area contributed by atoms with E-state index in [1.807, 2.05) is 36.4 Å². The molecule has 0 aliphatic heterocycles. The van der Waals surface area contributed by atoms with Gasteiger partial charge in [-0.2, -0.15) is 0 Å². The van der Waals surface area contributed by atoms with Gasteiger partial charge < -0.3 is 9.52 Å². The number of furan rings is 1. The fraction of sp³-hybridized carbons (Fsp3) is 0.312. The van der Waals surface area contributed by atoms with Crippen LogP contribution in [-0.2, 0) is 24.3 Å². The van der Waals surface area contributed by atoms with Crippen LogP contribution in [0, 0.1) is 0 Å². The van der Waals surface area contributed by atoms with Gasteiger partial charge in [0, 0.05) is 6.54 Å². The number of hydrogen-bond donors (Lipinski definition) is 1. The number of hydrogen-bond acceptors (Lipinski definition) is 3. The average Bonchev–Trinajstić information content (AvgIpc) is 2.92. The Bertz CT molecular complexity index is 549. The van der Waals surface area contributed by atoms with Crippen LogP contribution in [0.4, 0.5) is 0 Å². The SMILES string of the molecule is CCN(Cc1ccco1)Cc1ccccc1CC(=O)O. The first-order chi connectivity index (χ1) is 9.69. The van der Waals surface area contributed by atoms with Gasteiger partial charge in [0.05, 0.1) is 19.2 Å². The number of carbonyl (C=O) groups is 1. The molecule has 1 heterocycles. The molecule has 0 radical (unpaired) electrons. The van der Waals surface area contributed by atoms with Crippen molar-refractivity contribution in [3.05, 3.63) is 59.5 Å². The van der Waals surface area contributed by atoms with Crippen LogP contribution in [0.3, 0.4) is 0 Å². The zero-order chi connectivity index (χ0) is 14.4. The van der Waals surface area contributed by atoms with Crippen LogP contribution < -0.4 is 0 Å². The van der Waals surface area contributed by atoms with Crippen molar-refractivity contribution in [1.29, 1.82) is 0 Å². The van der Waals surface area contributed by atoms with Gasteiger partial charge in [-0.05, 0) is 29.8 Å². The molecule has 1 aromatic heterocycles. The molecule has 0 aliphatic carbocycles. The maximum absolute atomic E-state index is 10.9. The third-order valence-corrected chi connectivity index (χ3v) is 3.26. The molecule has 0 unspecified atom stereocenters. The van der Waals surface area contributed by atoms with Gasteiger partial charge in [0.2, 0.25) is 0 Å². The standard InChI is InChI=1S/C16H19NO3/c1-2-17(12-15-8-5-9-20-15)11-14-7-4-3-6-13(14)10-16(18)19/h3-9H,2,10-12H2,1H3,(H,18,19). The highest BCUT2D eigenvalue weighted by molar-refractivity contribution is 5.70. The van der Waals surface area contributed by atoms with Gasteiger partial charge in [0.25, 0.3) is 0 Å². The van der Waals surface area contributed by atoms with E-state index in [4.69, 9.17) is 9.52 Å². The number of nitrogens with zero attached hydrogens (tertiary/aromatic N) is 1. The summed E-state index contributed by atoms with van der Waals surface area (Å²) in [5, 5.41) is 8.96. The summed E-state index contributed by atoms with van der Waals surface area (Å²) in [5.74, 6) is 0.120. The van der Waals surface area contributed by atoms with Crippen LogP contribution >= 0.6 is 0 Å². The lowest BCUT2D eigenvalue weighted by Gasteiger charge is -2.20. The molecule has 2 rings (SSSR count). The summed E-state index contributed by atoms with van der Waals surface area (Å²) in [6.07, 6.45) is 1.73. The molecule has 4 nitrogen and oxygen atoms in total. The highest BCUT2D eigenvalue weighted by Crippen LogP contribution is 2.15. The van der Waals surface area contributed by atoms with E-state index in [1.54, 1.807) is 6.26 Å². The fourth-order valence-corrected chi connectivity index (χ4v) is 2.19. The molecule has 0 atom stereocenters.